The third-order valence-electron chi connectivity index (χ3n) is 13.6. The van der Waals surface area contributed by atoms with Crippen LogP contribution in [0.5, 0.6) is 0 Å². The molecule has 0 aliphatic rings. The first-order chi connectivity index (χ1) is 32.8. The van der Waals surface area contributed by atoms with Gasteiger partial charge in [0.15, 0.2) is 0 Å². The van der Waals surface area contributed by atoms with Gasteiger partial charge in [-0.1, -0.05) is 206 Å². The monoisotopic (exact) mass is 838 g/mol. The Morgan fingerprint density at radius 3 is 1.59 bits per heavy atom. The lowest BCUT2D eigenvalue weighted by Crippen LogP contribution is -2.11. The third kappa shape index (κ3) is 6.11. The van der Waals surface area contributed by atoms with Gasteiger partial charge in [0.1, 0.15) is 0 Å². The fraction of sp³-hybridized carbons (Fsp3) is 0. The molecule has 0 atom stereocenters. The number of para-hydroxylation sites is 2. The quantitative estimate of drug-likeness (QED) is 0.155. The lowest BCUT2D eigenvalue weighted by molar-refractivity contribution is 1.18. The van der Waals surface area contributed by atoms with Crippen molar-refractivity contribution in [3.63, 3.8) is 0 Å². The lowest BCUT2D eigenvalue weighted by Gasteiger charge is -2.28. The molecule has 0 spiro atoms. The minimum atomic E-state index is 1.08. The Kier molecular flexibility index (Phi) is 8.89. The molecule has 0 N–H and O–H groups in total. The third-order valence-corrected chi connectivity index (χ3v) is 13.6. The summed E-state index contributed by atoms with van der Waals surface area (Å²) in [6.07, 6.45) is 0. The predicted octanol–water partition coefficient (Wildman–Crippen LogP) is 17.9. The molecule has 2 heteroatoms. The predicted molar refractivity (Wildman–Crippen MR) is 282 cm³/mol. The van der Waals surface area contributed by atoms with Crippen LogP contribution in [0.15, 0.2) is 255 Å². The van der Waals surface area contributed by atoms with E-state index in [4.69, 9.17) is 0 Å². The van der Waals surface area contributed by atoms with E-state index < -0.39 is 0 Å². The molecule has 66 heavy (non-hydrogen) atoms. The van der Waals surface area contributed by atoms with Crippen molar-refractivity contribution in [3.8, 4) is 39.1 Å². The van der Waals surface area contributed by atoms with Gasteiger partial charge in [-0.15, -0.1) is 0 Å². The van der Waals surface area contributed by atoms with E-state index in [1.807, 2.05) is 0 Å². The van der Waals surface area contributed by atoms with Crippen molar-refractivity contribution in [3.05, 3.63) is 255 Å². The topological polar surface area (TPSA) is 8.17 Å². The van der Waals surface area contributed by atoms with E-state index in [2.05, 4.69) is 264 Å². The van der Waals surface area contributed by atoms with Gasteiger partial charge in [-0.05, 0) is 114 Å². The second-order valence-electron chi connectivity index (χ2n) is 17.2. The Bertz CT molecular complexity index is 4000. The Labute approximate surface area is 383 Å². The Hall–Kier alpha value is -8.72. The van der Waals surface area contributed by atoms with Gasteiger partial charge in [0, 0.05) is 33.1 Å². The molecule has 0 bridgehead atoms. The second kappa shape index (κ2) is 15.5. The molecule has 1 aromatic heterocycles. The number of anilines is 3. The molecule has 0 unspecified atom stereocenters. The first-order valence-electron chi connectivity index (χ1n) is 22.8. The summed E-state index contributed by atoms with van der Waals surface area (Å²) in [5.74, 6) is 0. The number of fused-ring (bicyclic) bond motifs is 8. The van der Waals surface area contributed by atoms with Crippen LogP contribution in [0.25, 0.3) is 104 Å². The normalized spacial score (nSPS) is 11.6. The maximum absolute atomic E-state index is 2.45. The molecule has 13 aromatic rings. The molecule has 308 valence electrons. The second-order valence-corrected chi connectivity index (χ2v) is 17.2. The van der Waals surface area contributed by atoms with Gasteiger partial charge in [0.05, 0.1) is 22.4 Å². The zero-order chi connectivity index (χ0) is 43.6. The fourth-order valence-electron chi connectivity index (χ4n) is 10.6. The molecule has 1 heterocycles. The van der Waals surface area contributed by atoms with Crippen LogP contribution in [0.2, 0.25) is 0 Å². The van der Waals surface area contributed by atoms with Crippen LogP contribution < -0.4 is 4.90 Å². The standard InChI is InChI=1S/C64H42N2/c1-4-23-50-43(16-1)19-14-30-52(50)47-21-13-22-49(42-47)65(62-41-39-57(56-27-7-8-28-58(56)62)55-31-15-20-44-17-2-5-24-51(44)55)48-37-34-46(35-38-48)53-25-9-11-32-60(53)66-61-33-12-10-29-59(61)64-54-26-6-3-18-45(54)36-40-63(64)66/h1-42H. The molecule has 0 saturated carbocycles. The van der Waals surface area contributed by atoms with Crippen LogP contribution in [0.1, 0.15) is 0 Å². The van der Waals surface area contributed by atoms with E-state index in [0.717, 1.165) is 28.3 Å². The summed E-state index contributed by atoms with van der Waals surface area (Å²) in [5.41, 5.74) is 14.0. The first kappa shape index (κ1) is 37.8. The highest BCUT2D eigenvalue weighted by atomic mass is 15.1. The van der Waals surface area contributed by atoms with E-state index in [-0.39, 0.29) is 0 Å². The van der Waals surface area contributed by atoms with E-state index in [1.54, 1.807) is 0 Å². The fourth-order valence-corrected chi connectivity index (χ4v) is 10.6. The van der Waals surface area contributed by atoms with E-state index >= 15 is 0 Å². The van der Waals surface area contributed by atoms with Gasteiger partial charge in [-0.2, -0.15) is 0 Å². The van der Waals surface area contributed by atoms with E-state index in [0.29, 0.717) is 0 Å². The molecule has 0 radical (unpaired) electrons. The Morgan fingerprint density at radius 2 is 0.818 bits per heavy atom. The van der Waals surface area contributed by atoms with Crippen molar-refractivity contribution in [2.75, 3.05) is 4.90 Å². The maximum atomic E-state index is 2.45. The van der Waals surface area contributed by atoms with Gasteiger partial charge in [-0.3, -0.25) is 0 Å². The van der Waals surface area contributed by atoms with Crippen LogP contribution >= 0.6 is 0 Å². The average Bonchev–Trinajstić information content (AvgIpc) is 3.73. The van der Waals surface area contributed by atoms with Crippen molar-refractivity contribution < 1.29 is 0 Å². The molecule has 12 aromatic carbocycles. The molecule has 2 nitrogen and oxygen atoms in total. The van der Waals surface area contributed by atoms with Crippen molar-refractivity contribution in [1.82, 2.24) is 4.57 Å². The van der Waals surface area contributed by atoms with Crippen LogP contribution in [0, 0.1) is 0 Å². The molecular weight excluding hydrogens is 797 g/mol. The zero-order valence-corrected chi connectivity index (χ0v) is 36.1. The number of nitrogens with zero attached hydrogens (tertiary/aromatic N) is 2. The average molecular weight is 839 g/mol. The van der Waals surface area contributed by atoms with E-state index in [1.165, 1.54) is 92.7 Å². The van der Waals surface area contributed by atoms with E-state index in [9.17, 15) is 0 Å². The highest BCUT2D eigenvalue weighted by Crippen LogP contribution is 2.45. The molecule has 0 fully saturated rings. The number of benzene rings is 12. The van der Waals surface area contributed by atoms with Crippen LogP contribution in [0.4, 0.5) is 17.1 Å². The molecule has 0 amide bonds. The lowest BCUT2D eigenvalue weighted by atomic mass is 9.92. The van der Waals surface area contributed by atoms with Gasteiger partial charge >= 0.3 is 0 Å². The van der Waals surface area contributed by atoms with Crippen LogP contribution in [-0.2, 0) is 0 Å². The smallest absolute Gasteiger partial charge is 0.0547 e. The summed E-state index contributed by atoms with van der Waals surface area (Å²) in [5, 5.41) is 12.4. The van der Waals surface area contributed by atoms with Gasteiger partial charge in [0.2, 0.25) is 0 Å². The number of hydrogen-bond donors (Lipinski definition) is 0. The number of aromatic nitrogens is 1. The van der Waals surface area contributed by atoms with Gasteiger partial charge in [0.25, 0.3) is 0 Å². The van der Waals surface area contributed by atoms with Gasteiger partial charge in [-0.25, -0.2) is 0 Å². The van der Waals surface area contributed by atoms with Crippen molar-refractivity contribution in [2.24, 2.45) is 0 Å². The summed E-state index contributed by atoms with van der Waals surface area (Å²) < 4.78 is 2.45. The number of hydrogen-bond acceptors (Lipinski definition) is 1. The molecule has 0 aliphatic carbocycles. The Balaban J connectivity index is 0.991. The molecule has 0 saturated heterocycles. The zero-order valence-electron chi connectivity index (χ0n) is 36.1. The summed E-state index contributed by atoms with van der Waals surface area (Å²) in [6, 6.07) is 93.3. The summed E-state index contributed by atoms with van der Waals surface area (Å²) in [7, 11) is 0. The summed E-state index contributed by atoms with van der Waals surface area (Å²) >= 11 is 0. The largest absolute Gasteiger partial charge is 0.310 e. The highest BCUT2D eigenvalue weighted by molar-refractivity contribution is 6.21. The minimum absolute atomic E-state index is 1.08. The summed E-state index contributed by atoms with van der Waals surface area (Å²) in [6.45, 7) is 0. The van der Waals surface area contributed by atoms with Gasteiger partial charge < -0.3 is 9.47 Å². The van der Waals surface area contributed by atoms with Crippen molar-refractivity contribution in [2.45, 2.75) is 0 Å². The molecule has 13 rings (SSSR count). The number of rotatable bonds is 7. The summed E-state index contributed by atoms with van der Waals surface area (Å²) in [4.78, 5) is 2.44. The van der Waals surface area contributed by atoms with Crippen molar-refractivity contribution in [1.29, 1.82) is 0 Å². The molecular formula is C64H42N2. The first-order valence-corrected chi connectivity index (χ1v) is 22.8. The Morgan fingerprint density at radius 1 is 0.273 bits per heavy atom. The maximum Gasteiger partial charge on any atom is 0.0547 e. The van der Waals surface area contributed by atoms with Crippen LogP contribution in [0.3, 0.4) is 0 Å². The van der Waals surface area contributed by atoms with Crippen molar-refractivity contribution >= 4 is 82.0 Å². The van der Waals surface area contributed by atoms with Crippen LogP contribution in [-0.4, -0.2) is 4.57 Å². The minimum Gasteiger partial charge on any atom is -0.310 e. The SMILES string of the molecule is c1cc(-c2cccc3ccccc23)cc(N(c2ccc(-c3ccccc3-n3c4ccccc4c4c5ccccc5ccc43)cc2)c2ccc(-c3cccc4ccccc34)c3ccccc23)c1. The molecule has 0 aliphatic heterocycles. The highest BCUT2D eigenvalue weighted by Gasteiger charge is 2.21.